The average Bonchev–Trinajstić information content (AvgIpc) is 2.31. The highest BCUT2D eigenvalue weighted by Crippen LogP contribution is 2.12. The van der Waals surface area contributed by atoms with Gasteiger partial charge in [-0.3, -0.25) is 0 Å². The number of thiol groups is 1. The van der Waals surface area contributed by atoms with Gasteiger partial charge in [0.05, 0.1) is 0 Å². The summed E-state index contributed by atoms with van der Waals surface area (Å²) in [4.78, 5) is 0. The van der Waals surface area contributed by atoms with Gasteiger partial charge in [0.1, 0.15) is 6.10 Å². The summed E-state index contributed by atoms with van der Waals surface area (Å²) in [5.41, 5.74) is 0. The van der Waals surface area contributed by atoms with Gasteiger partial charge in [-0.05, 0) is 18.6 Å². The van der Waals surface area contributed by atoms with Crippen molar-refractivity contribution in [1.29, 1.82) is 0 Å². The van der Waals surface area contributed by atoms with Crippen LogP contribution in [0, 0.1) is 0 Å². The van der Waals surface area contributed by atoms with E-state index in [4.69, 9.17) is 15.3 Å². The van der Waals surface area contributed by atoms with Gasteiger partial charge >= 0.3 is 0 Å². The highest BCUT2D eigenvalue weighted by Gasteiger charge is 2.11. The van der Waals surface area contributed by atoms with Crippen molar-refractivity contribution < 1.29 is 15.3 Å². The molecular weight excluding hydrogens is 236 g/mol. The predicted molar refractivity (Wildman–Crippen MR) is 74.3 cm³/mol. The van der Waals surface area contributed by atoms with Crippen molar-refractivity contribution in [2.24, 2.45) is 0 Å². The fraction of sp³-hybridized carbons (Fsp3) is 1.00. The van der Waals surface area contributed by atoms with Crippen LogP contribution in [0.3, 0.4) is 0 Å². The van der Waals surface area contributed by atoms with Crippen LogP contribution in [0.15, 0.2) is 0 Å². The lowest BCUT2D eigenvalue weighted by atomic mass is 10.1. The number of hydrogen-bond donors (Lipinski definition) is 4. The van der Waals surface area contributed by atoms with E-state index < -0.39 is 12.4 Å². The SMILES string of the molecule is OC(O)C(O)CCCCCCCCCCCS. The standard InChI is InChI=1S/C13H28O3S/c14-12(13(15)16)10-8-6-4-2-1-3-5-7-9-11-17/h12-17H,1-11H2. The molecule has 0 bridgehead atoms. The van der Waals surface area contributed by atoms with Gasteiger partial charge in [0.2, 0.25) is 0 Å². The molecule has 0 aromatic rings. The lowest BCUT2D eigenvalue weighted by Gasteiger charge is -2.11. The molecule has 0 spiro atoms. The first-order valence-corrected chi connectivity index (χ1v) is 7.46. The number of unbranched alkanes of at least 4 members (excludes halogenated alkanes) is 8. The number of aliphatic hydroxyl groups is 3. The number of hydrogen-bond acceptors (Lipinski definition) is 4. The summed E-state index contributed by atoms with van der Waals surface area (Å²) in [5.74, 6) is 0.999. The van der Waals surface area contributed by atoms with Gasteiger partial charge in [-0.15, -0.1) is 0 Å². The summed E-state index contributed by atoms with van der Waals surface area (Å²) in [5, 5.41) is 26.5. The first-order chi connectivity index (χ1) is 8.18. The van der Waals surface area contributed by atoms with E-state index in [2.05, 4.69) is 12.6 Å². The van der Waals surface area contributed by atoms with Crippen molar-refractivity contribution in [1.82, 2.24) is 0 Å². The topological polar surface area (TPSA) is 60.7 Å². The maximum atomic E-state index is 9.14. The molecule has 104 valence electrons. The molecule has 0 saturated heterocycles. The van der Waals surface area contributed by atoms with Gasteiger partial charge in [0.25, 0.3) is 0 Å². The molecule has 0 heterocycles. The summed E-state index contributed by atoms with van der Waals surface area (Å²) in [6.07, 6.45) is 8.74. The fourth-order valence-electron chi connectivity index (χ4n) is 1.85. The van der Waals surface area contributed by atoms with E-state index in [9.17, 15) is 0 Å². The second kappa shape index (κ2) is 12.7. The smallest absolute Gasteiger partial charge is 0.178 e. The summed E-state index contributed by atoms with van der Waals surface area (Å²) >= 11 is 4.18. The van der Waals surface area contributed by atoms with Crippen molar-refractivity contribution in [2.75, 3.05) is 5.75 Å². The van der Waals surface area contributed by atoms with Crippen LogP contribution in [-0.4, -0.2) is 33.5 Å². The molecule has 1 atom stereocenters. The van der Waals surface area contributed by atoms with Crippen LogP contribution in [0.1, 0.15) is 64.2 Å². The molecule has 1 unspecified atom stereocenters. The minimum atomic E-state index is -1.58. The van der Waals surface area contributed by atoms with Crippen LogP contribution < -0.4 is 0 Å². The van der Waals surface area contributed by atoms with E-state index in [0.717, 1.165) is 18.6 Å². The zero-order valence-electron chi connectivity index (χ0n) is 10.7. The number of rotatable bonds is 12. The minimum Gasteiger partial charge on any atom is -0.388 e. The lowest BCUT2D eigenvalue weighted by Crippen LogP contribution is -2.24. The molecule has 0 rings (SSSR count). The molecule has 3 nitrogen and oxygen atoms in total. The molecule has 0 aliphatic heterocycles. The van der Waals surface area contributed by atoms with E-state index in [1.165, 1.54) is 44.9 Å². The third-order valence-corrected chi connectivity index (χ3v) is 3.32. The van der Waals surface area contributed by atoms with Gasteiger partial charge in [-0.25, -0.2) is 0 Å². The van der Waals surface area contributed by atoms with Gasteiger partial charge in [0.15, 0.2) is 6.29 Å². The Bertz CT molecular complexity index is 154. The molecule has 4 heteroatoms. The quantitative estimate of drug-likeness (QED) is 0.249. The molecule has 0 aromatic carbocycles. The van der Waals surface area contributed by atoms with Crippen LogP contribution >= 0.6 is 12.6 Å². The van der Waals surface area contributed by atoms with Crippen molar-refractivity contribution in [3.63, 3.8) is 0 Å². The first-order valence-electron chi connectivity index (χ1n) is 6.83. The van der Waals surface area contributed by atoms with Crippen LogP contribution in [0.2, 0.25) is 0 Å². The van der Waals surface area contributed by atoms with Crippen LogP contribution in [0.5, 0.6) is 0 Å². The third-order valence-electron chi connectivity index (χ3n) is 3.00. The summed E-state index contributed by atoms with van der Waals surface area (Å²) in [6.45, 7) is 0. The molecule has 0 radical (unpaired) electrons. The van der Waals surface area contributed by atoms with E-state index in [0.29, 0.717) is 6.42 Å². The van der Waals surface area contributed by atoms with Gasteiger partial charge < -0.3 is 15.3 Å². The Balaban J connectivity index is 3.03. The molecule has 0 fully saturated rings. The van der Waals surface area contributed by atoms with Crippen LogP contribution in [0.4, 0.5) is 0 Å². The van der Waals surface area contributed by atoms with Crippen molar-refractivity contribution in [3.05, 3.63) is 0 Å². The molecule has 0 saturated carbocycles. The largest absolute Gasteiger partial charge is 0.388 e. The van der Waals surface area contributed by atoms with Crippen molar-refractivity contribution in [2.45, 2.75) is 76.6 Å². The Morgan fingerprint density at radius 2 is 1.06 bits per heavy atom. The monoisotopic (exact) mass is 264 g/mol. The molecule has 0 aliphatic rings. The van der Waals surface area contributed by atoms with Crippen LogP contribution in [-0.2, 0) is 0 Å². The molecule has 0 amide bonds. The highest BCUT2D eigenvalue weighted by atomic mass is 32.1. The van der Waals surface area contributed by atoms with E-state index in [1.807, 2.05) is 0 Å². The Hall–Kier alpha value is 0.230. The van der Waals surface area contributed by atoms with Crippen molar-refractivity contribution in [3.8, 4) is 0 Å². The number of aliphatic hydroxyl groups excluding tert-OH is 2. The molecular formula is C13H28O3S. The first kappa shape index (κ1) is 17.2. The van der Waals surface area contributed by atoms with Gasteiger partial charge in [-0.2, -0.15) is 12.6 Å². The third kappa shape index (κ3) is 12.5. The van der Waals surface area contributed by atoms with Crippen molar-refractivity contribution >= 4 is 12.6 Å². The Kier molecular flexibility index (Phi) is 12.9. The van der Waals surface area contributed by atoms with Gasteiger partial charge in [-0.1, -0.05) is 51.4 Å². The highest BCUT2D eigenvalue weighted by molar-refractivity contribution is 7.80. The summed E-state index contributed by atoms with van der Waals surface area (Å²) < 4.78 is 0. The minimum absolute atomic E-state index is 0.486. The predicted octanol–water partition coefficient (Wildman–Crippen LogP) is 2.49. The zero-order chi connectivity index (χ0) is 12.9. The Morgan fingerprint density at radius 1 is 0.647 bits per heavy atom. The zero-order valence-corrected chi connectivity index (χ0v) is 11.6. The second-order valence-electron chi connectivity index (χ2n) is 4.68. The molecule has 3 N–H and O–H groups in total. The molecule has 17 heavy (non-hydrogen) atoms. The molecule has 0 aliphatic carbocycles. The fourth-order valence-corrected chi connectivity index (χ4v) is 2.08. The maximum absolute atomic E-state index is 9.14. The van der Waals surface area contributed by atoms with Crippen LogP contribution in [0.25, 0.3) is 0 Å². The van der Waals surface area contributed by atoms with E-state index in [1.54, 1.807) is 0 Å². The van der Waals surface area contributed by atoms with E-state index >= 15 is 0 Å². The van der Waals surface area contributed by atoms with Gasteiger partial charge in [0, 0.05) is 0 Å². The summed E-state index contributed by atoms with van der Waals surface area (Å²) in [6, 6.07) is 0. The average molecular weight is 264 g/mol. The maximum Gasteiger partial charge on any atom is 0.178 e. The Morgan fingerprint density at radius 3 is 1.47 bits per heavy atom. The second-order valence-corrected chi connectivity index (χ2v) is 5.12. The Labute approximate surface area is 111 Å². The van der Waals surface area contributed by atoms with E-state index in [-0.39, 0.29) is 0 Å². The molecule has 0 aromatic heterocycles. The lowest BCUT2D eigenvalue weighted by molar-refractivity contribution is -0.124. The summed E-state index contributed by atoms with van der Waals surface area (Å²) in [7, 11) is 0. The normalized spacial score (nSPS) is 13.2.